The average Bonchev–Trinajstić information content (AvgIpc) is 2.29. The molecule has 0 spiro atoms. The van der Waals surface area contributed by atoms with Crippen LogP contribution in [-0.4, -0.2) is 0 Å². The van der Waals surface area contributed by atoms with Crippen LogP contribution in [0.15, 0.2) is 48.5 Å². The van der Waals surface area contributed by atoms with Crippen LogP contribution in [0.25, 0.3) is 0 Å². The molecule has 0 unspecified atom stereocenters. The zero-order valence-corrected chi connectivity index (χ0v) is 12.8. The molecule has 2 aromatic rings. The summed E-state index contributed by atoms with van der Waals surface area (Å²) in [6, 6.07) is 21.2. The largest absolute Gasteiger partial charge is 0.184 e. The Morgan fingerprint density at radius 2 is 1.00 bits per heavy atom. The molecule has 0 aromatic heterocycles. The molecule has 77 valence electrons. The fraction of sp³-hybridized carbons (Fsp3) is 0. The molecule has 0 bridgehead atoms. The van der Waals surface area contributed by atoms with Crippen LogP contribution in [-0.2, 0) is 39.6 Å². The van der Waals surface area contributed by atoms with Gasteiger partial charge in [-0.25, -0.2) is 0 Å². The van der Waals surface area contributed by atoms with Crippen molar-refractivity contribution in [3.05, 3.63) is 71.8 Å². The van der Waals surface area contributed by atoms with Gasteiger partial charge in [-0.3, -0.25) is 0 Å². The van der Waals surface area contributed by atoms with Crippen molar-refractivity contribution in [3.63, 3.8) is 0 Å². The molecule has 0 heterocycles. The third kappa shape index (κ3) is 4.86. The Morgan fingerprint density at radius 1 is 0.688 bits per heavy atom. The van der Waals surface area contributed by atoms with Crippen molar-refractivity contribution in [2.24, 2.45) is 0 Å². The van der Waals surface area contributed by atoms with Gasteiger partial charge in [-0.2, -0.15) is 60.7 Å². The average molecular weight is 411 g/mol. The van der Waals surface area contributed by atoms with E-state index >= 15 is 0 Å². The van der Waals surface area contributed by atoms with Gasteiger partial charge in [-0.15, -0.1) is 0 Å². The number of rotatable bonds is 0. The molecule has 0 N–H and O–H groups in total. The first kappa shape index (κ1) is 15.3. The molecule has 0 aliphatic rings. The van der Waals surface area contributed by atoms with Gasteiger partial charge in [0.25, 0.3) is 0 Å². The first-order valence-electron chi connectivity index (χ1n) is 4.39. The van der Waals surface area contributed by atoms with Gasteiger partial charge in [0.15, 0.2) is 0 Å². The van der Waals surface area contributed by atoms with Gasteiger partial charge in [0.05, 0.1) is 0 Å². The standard InChI is InChI=1S/C14H8.V.W/c1-3-7-13(8-4-1)11-12-14-9-5-2-6-10-14;;/h3-10H;;/q-2;;. The van der Waals surface area contributed by atoms with Gasteiger partial charge in [-0.1, -0.05) is 23.0 Å². The van der Waals surface area contributed by atoms with Gasteiger partial charge >= 0.3 is 0 Å². The molecule has 0 nitrogen and oxygen atoms in total. The van der Waals surface area contributed by atoms with Crippen molar-refractivity contribution in [3.8, 4) is 11.8 Å². The summed E-state index contributed by atoms with van der Waals surface area (Å²) in [6.07, 6.45) is 0. The fourth-order valence-electron chi connectivity index (χ4n) is 1.08. The summed E-state index contributed by atoms with van der Waals surface area (Å²) in [4.78, 5) is 0. The maximum Gasteiger partial charge on any atom is 0 e. The minimum absolute atomic E-state index is 0. The molecular weight excluding hydrogens is 403 g/mol. The van der Waals surface area contributed by atoms with Crippen LogP contribution in [0, 0.1) is 24.0 Å². The summed E-state index contributed by atoms with van der Waals surface area (Å²) in [5.41, 5.74) is 2.02. The molecule has 0 atom stereocenters. The topological polar surface area (TPSA) is 0 Å². The van der Waals surface area contributed by atoms with E-state index < -0.39 is 0 Å². The summed E-state index contributed by atoms with van der Waals surface area (Å²) >= 11 is 0. The van der Waals surface area contributed by atoms with Gasteiger partial charge < -0.3 is 0 Å². The number of hydrogen-bond donors (Lipinski definition) is 0. The van der Waals surface area contributed by atoms with Gasteiger partial charge in [0.2, 0.25) is 0 Å². The summed E-state index contributed by atoms with van der Waals surface area (Å²) in [5.74, 6) is 6.15. The molecule has 1 radical (unpaired) electrons. The first-order valence-corrected chi connectivity index (χ1v) is 4.39. The predicted octanol–water partition coefficient (Wildman–Crippen LogP) is 2.68. The van der Waals surface area contributed by atoms with Crippen molar-refractivity contribution in [2.75, 3.05) is 0 Å². The molecule has 0 saturated heterocycles. The van der Waals surface area contributed by atoms with Gasteiger partial charge in [-0.05, 0) is 0 Å². The molecule has 2 rings (SSSR count). The third-order valence-electron chi connectivity index (χ3n) is 1.79. The Bertz CT molecular complexity index is 411. The first-order chi connectivity index (χ1) is 6.95. The maximum absolute atomic E-state index is 3.08. The van der Waals surface area contributed by atoms with Crippen molar-refractivity contribution in [1.82, 2.24) is 0 Å². The normalized spacial score (nSPS) is 7.75. The molecular formula is C14H8VW-2. The van der Waals surface area contributed by atoms with E-state index in [1.807, 2.05) is 48.5 Å². The van der Waals surface area contributed by atoms with Crippen LogP contribution in [0.2, 0.25) is 0 Å². The third-order valence-corrected chi connectivity index (χ3v) is 1.79. The number of hydrogen-bond acceptors (Lipinski definition) is 0. The second kappa shape index (κ2) is 8.43. The Kier molecular flexibility index (Phi) is 8.04. The van der Waals surface area contributed by atoms with Gasteiger partial charge in [0.1, 0.15) is 0 Å². The fourth-order valence-corrected chi connectivity index (χ4v) is 1.08. The van der Waals surface area contributed by atoms with E-state index in [-0.39, 0.29) is 39.6 Å². The van der Waals surface area contributed by atoms with Crippen LogP contribution in [0.5, 0.6) is 0 Å². The number of benzene rings is 2. The molecule has 2 aromatic carbocycles. The zero-order valence-electron chi connectivity index (χ0n) is 8.47. The van der Waals surface area contributed by atoms with Crippen LogP contribution in [0.1, 0.15) is 11.1 Å². The molecule has 0 amide bonds. The van der Waals surface area contributed by atoms with Crippen molar-refractivity contribution in [2.45, 2.75) is 0 Å². The molecule has 16 heavy (non-hydrogen) atoms. The molecule has 0 aliphatic heterocycles. The van der Waals surface area contributed by atoms with Crippen LogP contribution in [0.4, 0.5) is 0 Å². The molecule has 0 aliphatic carbocycles. The summed E-state index contributed by atoms with van der Waals surface area (Å²) < 4.78 is 0. The Hall–Kier alpha value is -0.727. The molecule has 2 heteroatoms. The smallest absolute Gasteiger partial charge is 0 e. The van der Waals surface area contributed by atoms with Crippen LogP contribution >= 0.6 is 0 Å². The maximum atomic E-state index is 3.08. The van der Waals surface area contributed by atoms with Crippen molar-refractivity contribution in [1.29, 1.82) is 0 Å². The van der Waals surface area contributed by atoms with E-state index in [0.717, 1.165) is 11.1 Å². The van der Waals surface area contributed by atoms with E-state index in [1.54, 1.807) is 0 Å². The van der Waals surface area contributed by atoms with E-state index in [4.69, 9.17) is 0 Å². The zero-order chi connectivity index (χ0) is 9.64. The molecule has 0 saturated carbocycles. The van der Waals surface area contributed by atoms with E-state index in [1.165, 1.54) is 0 Å². The predicted molar refractivity (Wildman–Crippen MR) is 56.5 cm³/mol. The van der Waals surface area contributed by atoms with E-state index in [2.05, 4.69) is 24.0 Å². The second-order valence-electron chi connectivity index (χ2n) is 2.83. The van der Waals surface area contributed by atoms with Crippen LogP contribution in [0.3, 0.4) is 0 Å². The Balaban J connectivity index is 0.00000112. The minimum Gasteiger partial charge on any atom is -0.184 e. The molecule has 0 fully saturated rings. The van der Waals surface area contributed by atoms with Gasteiger partial charge in [0, 0.05) is 39.6 Å². The Labute approximate surface area is 123 Å². The van der Waals surface area contributed by atoms with Crippen molar-refractivity contribution < 1.29 is 39.6 Å². The quantitative estimate of drug-likeness (QED) is 0.462. The van der Waals surface area contributed by atoms with Crippen LogP contribution < -0.4 is 0 Å². The summed E-state index contributed by atoms with van der Waals surface area (Å²) in [6.45, 7) is 0. The van der Waals surface area contributed by atoms with E-state index in [9.17, 15) is 0 Å². The monoisotopic (exact) mass is 411 g/mol. The van der Waals surface area contributed by atoms with Crippen molar-refractivity contribution >= 4 is 0 Å². The minimum atomic E-state index is 0. The summed E-state index contributed by atoms with van der Waals surface area (Å²) in [7, 11) is 0. The van der Waals surface area contributed by atoms with E-state index in [0.29, 0.717) is 0 Å². The summed E-state index contributed by atoms with van der Waals surface area (Å²) in [5, 5.41) is 0. The second-order valence-corrected chi connectivity index (χ2v) is 2.83. The Morgan fingerprint density at radius 3 is 1.31 bits per heavy atom. The SMILES string of the molecule is C(#Cc1cc[c-]cc1)c1cc[c-]cc1.[V].[W].